The van der Waals surface area contributed by atoms with E-state index in [1.807, 2.05) is 25.1 Å². The Morgan fingerprint density at radius 2 is 1.69 bits per heavy atom. The molecule has 7 heteroatoms. The van der Waals surface area contributed by atoms with Gasteiger partial charge in [-0.2, -0.15) is 0 Å². The molecule has 0 saturated carbocycles. The highest BCUT2D eigenvalue weighted by atomic mass is 79.9. The molecule has 0 fully saturated rings. The van der Waals surface area contributed by atoms with E-state index in [0.29, 0.717) is 11.4 Å². The maximum atomic E-state index is 11.9. The molecule has 2 rings (SSSR count). The predicted molar refractivity (Wildman–Crippen MR) is 103 cm³/mol. The number of rotatable bonds is 7. The van der Waals surface area contributed by atoms with Crippen LogP contribution < -0.4 is 10.6 Å². The van der Waals surface area contributed by atoms with Gasteiger partial charge in [0.2, 0.25) is 5.91 Å². The van der Waals surface area contributed by atoms with E-state index in [1.54, 1.807) is 30.3 Å². The summed E-state index contributed by atoms with van der Waals surface area (Å²) < 4.78 is 5.80. The molecule has 2 N–H and O–H groups in total. The highest BCUT2D eigenvalue weighted by Crippen LogP contribution is 2.20. The predicted octanol–water partition coefficient (Wildman–Crippen LogP) is 3.66. The van der Waals surface area contributed by atoms with Crippen LogP contribution in [0.5, 0.6) is 0 Å². The van der Waals surface area contributed by atoms with Crippen LogP contribution in [0.3, 0.4) is 0 Å². The zero-order valence-corrected chi connectivity index (χ0v) is 15.8. The van der Waals surface area contributed by atoms with E-state index >= 15 is 0 Å². The summed E-state index contributed by atoms with van der Waals surface area (Å²) in [4.78, 5) is 35.3. The smallest absolute Gasteiger partial charge is 0.306 e. The van der Waals surface area contributed by atoms with Gasteiger partial charge < -0.3 is 15.4 Å². The number of para-hydroxylation sites is 1. The van der Waals surface area contributed by atoms with Crippen molar-refractivity contribution in [3.05, 3.63) is 58.6 Å². The van der Waals surface area contributed by atoms with Crippen LogP contribution in [0, 0.1) is 6.92 Å². The van der Waals surface area contributed by atoms with Crippen molar-refractivity contribution in [2.45, 2.75) is 19.8 Å². The molecule has 0 aliphatic heterocycles. The molecule has 0 saturated heterocycles. The fourth-order valence-corrected chi connectivity index (χ4v) is 2.61. The van der Waals surface area contributed by atoms with Gasteiger partial charge in [-0.1, -0.05) is 34.1 Å². The summed E-state index contributed by atoms with van der Waals surface area (Å²) >= 11 is 3.36. The average molecular weight is 419 g/mol. The maximum Gasteiger partial charge on any atom is 0.306 e. The quantitative estimate of drug-likeness (QED) is 0.671. The second kappa shape index (κ2) is 9.72. The topological polar surface area (TPSA) is 84.5 Å². The minimum Gasteiger partial charge on any atom is -0.456 e. The molecule has 0 radical (unpaired) electrons. The van der Waals surface area contributed by atoms with E-state index in [0.717, 1.165) is 10.0 Å². The van der Waals surface area contributed by atoms with E-state index in [4.69, 9.17) is 4.74 Å². The van der Waals surface area contributed by atoms with Gasteiger partial charge in [0, 0.05) is 22.3 Å². The monoisotopic (exact) mass is 418 g/mol. The van der Waals surface area contributed by atoms with Crippen LogP contribution in [-0.4, -0.2) is 24.4 Å². The Labute approximate surface area is 160 Å². The van der Waals surface area contributed by atoms with Crippen LogP contribution in [0.25, 0.3) is 0 Å². The van der Waals surface area contributed by atoms with Crippen molar-refractivity contribution in [3.8, 4) is 0 Å². The summed E-state index contributed by atoms with van der Waals surface area (Å²) in [6.45, 7) is 1.49. The molecular weight excluding hydrogens is 400 g/mol. The lowest BCUT2D eigenvalue weighted by Crippen LogP contribution is -2.21. The van der Waals surface area contributed by atoms with Crippen LogP contribution in [0.15, 0.2) is 53.0 Å². The summed E-state index contributed by atoms with van der Waals surface area (Å²) in [7, 11) is 0. The van der Waals surface area contributed by atoms with E-state index in [2.05, 4.69) is 26.6 Å². The average Bonchev–Trinajstić information content (AvgIpc) is 2.61. The van der Waals surface area contributed by atoms with Crippen molar-refractivity contribution in [2.75, 3.05) is 17.2 Å². The molecule has 0 bridgehead atoms. The van der Waals surface area contributed by atoms with Crippen molar-refractivity contribution in [1.82, 2.24) is 0 Å². The van der Waals surface area contributed by atoms with E-state index < -0.39 is 11.9 Å². The number of carbonyl (C=O) groups excluding carboxylic acids is 3. The van der Waals surface area contributed by atoms with Crippen LogP contribution >= 0.6 is 15.9 Å². The van der Waals surface area contributed by atoms with Gasteiger partial charge in [0.25, 0.3) is 5.91 Å². The number of ether oxygens (including phenoxy) is 1. The van der Waals surface area contributed by atoms with Gasteiger partial charge in [0.1, 0.15) is 0 Å². The number of aryl methyl sites for hydroxylation is 1. The molecule has 0 atom stereocenters. The highest BCUT2D eigenvalue weighted by molar-refractivity contribution is 9.10. The van der Waals surface area contributed by atoms with Crippen LogP contribution in [-0.2, 0) is 19.1 Å². The fourth-order valence-electron chi connectivity index (χ4n) is 2.13. The number of benzene rings is 2. The Kier molecular flexibility index (Phi) is 7.35. The zero-order chi connectivity index (χ0) is 18.9. The van der Waals surface area contributed by atoms with Crippen molar-refractivity contribution < 1.29 is 19.1 Å². The minimum absolute atomic E-state index is 0.0192. The van der Waals surface area contributed by atoms with Crippen LogP contribution in [0.2, 0.25) is 0 Å². The van der Waals surface area contributed by atoms with Gasteiger partial charge in [0.15, 0.2) is 6.61 Å². The minimum atomic E-state index is -0.601. The Balaban J connectivity index is 1.69. The van der Waals surface area contributed by atoms with Gasteiger partial charge in [-0.15, -0.1) is 0 Å². The third kappa shape index (κ3) is 6.68. The summed E-state index contributed by atoms with van der Waals surface area (Å²) in [5, 5.41) is 5.35. The first-order chi connectivity index (χ1) is 12.4. The lowest BCUT2D eigenvalue weighted by atomic mass is 10.2. The number of anilines is 2. The molecule has 0 heterocycles. The first kappa shape index (κ1) is 19.7. The molecule has 2 amide bonds. The molecule has 0 aliphatic rings. The third-order valence-electron chi connectivity index (χ3n) is 3.44. The van der Waals surface area contributed by atoms with E-state index in [9.17, 15) is 14.4 Å². The highest BCUT2D eigenvalue weighted by Gasteiger charge is 2.11. The number of esters is 1. The molecule has 0 unspecified atom stereocenters. The number of nitrogens with one attached hydrogen (secondary N) is 2. The second-order valence-electron chi connectivity index (χ2n) is 5.58. The molecule has 0 aliphatic carbocycles. The SMILES string of the molecule is Cc1cc(Br)ccc1NC(=O)CCC(=O)OCC(=O)Nc1ccccc1. The lowest BCUT2D eigenvalue weighted by molar-refractivity contribution is -0.147. The Bertz CT molecular complexity index is 793. The van der Waals surface area contributed by atoms with Crippen molar-refractivity contribution >= 4 is 45.1 Å². The number of halogens is 1. The molecule has 0 spiro atoms. The van der Waals surface area contributed by atoms with Gasteiger partial charge in [-0.25, -0.2) is 0 Å². The molecule has 26 heavy (non-hydrogen) atoms. The number of amides is 2. The molecular formula is C19H19BrN2O4. The Morgan fingerprint density at radius 3 is 2.38 bits per heavy atom. The number of carbonyl (C=O) groups is 3. The van der Waals surface area contributed by atoms with Crippen LogP contribution in [0.4, 0.5) is 11.4 Å². The standard InChI is InChI=1S/C19H19BrN2O4/c1-13-11-14(20)7-8-16(13)22-17(23)9-10-19(25)26-12-18(24)21-15-5-3-2-4-6-15/h2-8,11H,9-10,12H2,1H3,(H,21,24)(H,22,23). The van der Waals surface area contributed by atoms with E-state index in [1.165, 1.54) is 0 Å². The van der Waals surface area contributed by atoms with Gasteiger partial charge in [-0.05, 0) is 42.8 Å². The first-order valence-corrected chi connectivity index (χ1v) is 8.80. The number of hydrogen-bond acceptors (Lipinski definition) is 4. The van der Waals surface area contributed by atoms with Crippen molar-refractivity contribution in [3.63, 3.8) is 0 Å². The molecule has 6 nitrogen and oxygen atoms in total. The maximum absolute atomic E-state index is 11.9. The summed E-state index contributed by atoms with van der Waals surface area (Å²) in [6.07, 6.45) is -0.116. The van der Waals surface area contributed by atoms with Gasteiger partial charge >= 0.3 is 5.97 Å². The van der Waals surface area contributed by atoms with Crippen LogP contribution in [0.1, 0.15) is 18.4 Å². The fraction of sp³-hybridized carbons (Fsp3) is 0.211. The normalized spacial score (nSPS) is 10.1. The molecule has 2 aromatic carbocycles. The molecule has 136 valence electrons. The third-order valence-corrected chi connectivity index (χ3v) is 3.93. The first-order valence-electron chi connectivity index (χ1n) is 8.00. The summed E-state index contributed by atoms with van der Waals surface area (Å²) in [5.74, 6) is -1.32. The zero-order valence-electron chi connectivity index (χ0n) is 14.3. The van der Waals surface area contributed by atoms with Crippen molar-refractivity contribution in [1.29, 1.82) is 0 Å². The summed E-state index contributed by atoms with van der Waals surface area (Å²) in [5.41, 5.74) is 2.22. The Hall–Kier alpha value is -2.67. The Morgan fingerprint density at radius 1 is 0.962 bits per heavy atom. The number of hydrogen-bond donors (Lipinski definition) is 2. The lowest BCUT2D eigenvalue weighted by Gasteiger charge is -2.09. The second-order valence-corrected chi connectivity index (χ2v) is 6.50. The van der Waals surface area contributed by atoms with Gasteiger partial charge in [0.05, 0.1) is 6.42 Å². The molecule has 2 aromatic rings. The largest absolute Gasteiger partial charge is 0.456 e. The van der Waals surface area contributed by atoms with E-state index in [-0.39, 0.29) is 25.4 Å². The summed E-state index contributed by atoms with van der Waals surface area (Å²) in [6, 6.07) is 14.3. The molecule has 0 aromatic heterocycles. The van der Waals surface area contributed by atoms with Crippen molar-refractivity contribution in [2.24, 2.45) is 0 Å². The van der Waals surface area contributed by atoms with Gasteiger partial charge in [-0.3, -0.25) is 14.4 Å².